The molecule has 7 nitrogen and oxygen atoms in total. The van der Waals surface area contributed by atoms with E-state index in [0.717, 1.165) is 0 Å². The molecule has 0 saturated carbocycles. The number of hydrazine groups is 1. The molecule has 1 atom stereocenters. The van der Waals surface area contributed by atoms with Crippen molar-refractivity contribution in [1.29, 1.82) is 0 Å². The summed E-state index contributed by atoms with van der Waals surface area (Å²) in [5, 5.41) is 0.544. The van der Waals surface area contributed by atoms with Crippen LogP contribution < -0.4 is 15.6 Å². The Kier molecular flexibility index (Phi) is 6.99. The largest absolute Gasteiger partial charge is 0.482 e. The van der Waals surface area contributed by atoms with Gasteiger partial charge < -0.3 is 9.47 Å². The highest BCUT2D eigenvalue weighted by Crippen LogP contribution is 2.15. The van der Waals surface area contributed by atoms with Crippen molar-refractivity contribution in [3.63, 3.8) is 0 Å². The second kappa shape index (κ2) is 9.43. The van der Waals surface area contributed by atoms with Gasteiger partial charge in [-0.1, -0.05) is 29.8 Å². The molecule has 0 heterocycles. The lowest BCUT2D eigenvalue weighted by atomic mass is 10.2. The highest BCUT2D eigenvalue weighted by atomic mass is 35.5. The summed E-state index contributed by atoms with van der Waals surface area (Å²) < 4.78 is 10.2. The van der Waals surface area contributed by atoms with Crippen LogP contribution >= 0.6 is 11.6 Å². The maximum atomic E-state index is 11.9. The van der Waals surface area contributed by atoms with Crippen LogP contribution in [0.4, 0.5) is 0 Å². The van der Waals surface area contributed by atoms with E-state index < -0.39 is 23.9 Å². The van der Waals surface area contributed by atoms with Crippen molar-refractivity contribution < 1.29 is 23.9 Å². The third kappa shape index (κ3) is 6.10. The summed E-state index contributed by atoms with van der Waals surface area (Å²) in [5.74, 6) is -1.44. The van der Waals surface area contributed by atoms with Crippen molar-refractivity contribution in [2.75, 3.05) is 6.61 Å². The molecule has 136 valence electrons. The number of halogens is 1. The van der Waals surface area contributed by atoms with Crippen molar-refractivity contribution >= 4 is 29.4 Å². The Hall–Kier alpha value is -3.06. The van der Waals surface area contributed by atoms with E-state index in [2.05, 4.69) is 10.9 Å². The number of amides is 2. The number of hydrogen-bond acceptors (Lipinski definition) is 5. The highest BCUT2D eigenvalue weighted by Gasteiger charge is 2.19. The van der Waals surface area contributed by atoms with Crippen molar-refractivity contribution in [2.45, 2.75) is 13.0 Å². The zero-order chi connectivity index (χ0) is 18.9. The molecular weight excluding hydrogens is 360 g/mol. The molecule has 0 unspecified atom stereocenters. The average molecular weight is 377 g/mol. The number of hydrogen-bond donors (Lipinski definition) is 2. The maximum Gasteiger partial charge on any atom is 0.344 e. The van der Waals surface area contributed by atoms with E-state index in [1.807, 2.05) is 0 Å². The van der Waals surface area contributed by atoms with Crippen LogP contribution in [0.5, 0.6) is 5.75 Å². The minimum absolute atomic E-state index is 0.365. The van der Waals surface area contributed by atoms with Crippen molar-refractivity contribution in [3.05, 3.63) is 65.2 Å². The molecule has 0 aliphatic carbocycles. The monoisotopic (exact) mass is 376 g/mol. The molecular formula is C18H17ClN2O5. The van der Waals surface area contributed by atoms with Crippen LogP contribution in [0.3, 0.4) is 0 Å². The number of esters is 1. The second-order valence-electron chi connectivity index (χ2n) is 5.18. The Morgan fingerprint density at radius 1 is 1.00 bits per heavy atom. The number of rotatable bonds is 6. The molecule has 0 radical (unpaired) electrons. The summed E-state index contributed by atoms with van der Waals surface area (Å²) in [5.41, 5.74) is 4.82. The summed E-state index contributed by atoms with van der Waals surface area (Å²) in [4.78, 5) is 35.4. The zero-order valence-electron chi connectivity index (χ0n) is 13.9. The maximum absolute atomic E-state index is 11.9. The molecule has 0 spiro atoms. The van der Waals surface area contributed by atoms with E-state index in [1.54, 1.807) is 54.6 Å². The molecule has 0 saturated heterocycles. The van der Waals surface area contributed by atoms with Crippen LogP contribution in [-0.2, 0) is 14.3 Å². The number of nitrogens with one attached hydrogen (secondary N) is 2. The van der Waals surface area contributed by atoms with Crippen LogP contribution in [0, 0.1) is 0 Å². The van der Waals surface area contributed by atoms with Gasteiger partial charge in [0.1, 0.15) is 5.75 Å². The quantitative estimate of drug-likeness (QED) is 0.595. The first-order valence-corrected chi connectivity index (χ1v) is 8.06. The molecule has 8 heteroatoms. The van der Waals surface area contributed by atoms with Gasteiger partial charge >= 0.3 is 5.97 Å². The molecule has 0 bridgehead atoms. The van der Waals surface area contributed by atoms with Crippen LogP contribution in [-0.4, -0.2) is 30.5 Å². The molecule has 0 aliphatic rings. The summed E-state index contributed by atoms with van der Waals surface area (Å²) in [6.45, 7) is 1.01. The fourth-order valence-corrected chi connectivity index (χ4v) is 1.97. The van der Waals surface area contributed by atoms with E-state index in [1.165, 1.54) is 6.92 Å². The molecule has 2 amide bonds. The lowest BCUT2D eigenvalue weighted by Gasteiger charge is -2.14. The highest BCUT2D eigenvalue weighted by molar-refractivity contribution is 6.30. The van der Waals surface area contributed by atoms with E-state index >= 15 is 0 Å². The Morgan fingerprint density at radius 3 is 2.31 bits per heavy atom. The third-order valence-electron chi connectivity index (χ3n) is 3.18. The Bertz CT molecular complexity index is 765. The molecule has 0 aromatic heterocycles. The van der Waals surface area contributed by atoms with Gasteiger partial charge in [-0.15, -0.1) is 0 Å². The number of ether oxygens (including phenoxy) is 2. The molecule has 26 heavy (non-hydrogen) atoms. The van der Waals surface area contributed by atoms with Gasteiger partial charge in [-0.05, 0) is 43.3 Å². The predicted octanol–water partition coefficient (Wildman–Crippen LogP) is 2.11. The first-order chi connectivity index (χ1) is 12.5. The van der Waals surface area contributed by atoms with Gasteiger partial charge in [0, 0.05) is 10.6 Å². The SMILES string of the molecule is C[C@H](OC(=O)COc1ccc(Cl)cc1)C(=O)NNC(=O)c1ccccc1. The summed E-state index contributed by atoms with van der Waals surface area (Å²) in [6.07, 6.45) is -1.10. The Morgan fingerprint density at radius 2 is 1.65 bits per heavy atom. The predicted molar refractivity (Wildman–Crippen MR) is 94.6 cm³/mol. The summed E-state index contributed by atoms with van der Waals surface area (Å²) in [7, 11) is 0. The summed E-state index contributed by atoms with van der Waals surface area (Å²) >= 11 is 5.75. The van der Waals surface area contributed by atoms with E-state index in [4.69, 9.17) is 21.1 Å². The summed E-state index contributed by atoms with van der Waals surface area (Å²) in [6, 6.07) is 14.8. The van der Waals surface area contributed by atoms with E-state index in [9.17, 15) is 14.4 Å². The topological polar surface area (TPSA) is 93.7 Å². The van der Waals surface area contributed by atoms with Crippen molar-refractivity contribution in [2.24, 2.45) is 0 Å². The van der Waals surface area contributed by atoms with Crippen molar-refractivity contribution in [3.8, 4) is 5.75 Å². The molecule has 2 aromatic rings. The molecule has 2 aromatic carbocycles. The average Bonchev–Trinajstić information content (AvgIpc) is 2.66. The van der Waals surface area contributed by atoms with Crippen molar-refractivity contribution in [1.82, 2.24) is 10.9 Å². The van der Waals surface area contributed by atoms with Gasteiger partial charge in [-0.2, -0.15) is 0 Å². The minimum atomic E-state index is -1.10. The lowest BCUT2D eigenvalue weighted by molar-refractivity contribution is -0.156. The standard InChI is InChI=1S/C18H17ClN2O5/c1-12(17(23)20-21-18(24)13-5-3-2-4-6-13)26-16(22)11-25-15-9-7-14(19)8-10-15/h2-10,12H,11H2,1H3,(H,20,23)(H,21,24)/t12-/m0/s1. The normalized spacial score (nSPS) is 11.2. The van der Waals surface area contributed by atoms with E-state index in [-0.39, 0.29) is 6.61 Å². The van der Waals surface area contributed by atoms with Gasteiger partial charge in [-0.25, -0.2) is 4.79 Å². The zero-order valence-corrected chi connectivity index (χ0v) is 14.7. The van der Waals surface area contributed by atoms with Crippen LogP contribution in [0.2, 0.25) is 5.02 Å². The van der Waals surface area contributed by atoms with Gasteiger partial charge in [-0.3, -0.25) is 20.4 Å². The smallest absolute Gasteiger partial charge is 0.344 e. The second-order valence-corrected chi connectivity index (χ2v) is 5.62. The first kappa shape index (κ1) is 19.3. The van der Waals surface area contributed by atoms with Crippen LogP contribution in [0.15, 0.2) is 54.6 Å². The van der Waals surface area contributed by atoms with Crippen LogP contribution in [0.1, 0.15) is 17.3 Å². The molecule has 2 N–H and O–H groups in total. The molecule has 2 rings (SSSR count). The Labute approximate surface area is 155 Å². The minimum Gasteiger partial charge on any atom is -0.482 e. The van der Waals surface area contributed by atoms with Gasteiger partial charge in [0.25, 0.3) is 11.8 Å². The number of carbonyl (C=O) groups excluding carboxylic acids is 3. The lowest BCUT2D eigenvalue weighted by Crippen LogP contribution is -2.47. The third-order valence-corrected chi connectivity index (χ3v) is 3.43. The fourth-order valence-electron chi connectivity index (χ4n) is 1.84. The number of benzene rings is 2. The van der Waals surface area contributed by atoms with Gasteiger partial charge in [0.2, 0.25) is 0 Å². The Balaban J connectivity index is 1.72. The van der Waals surface area contributed by atoms with Gasteiger partial charge in [0.05, 0.1) is 0 Å². The number of carbonyl (C=O) groups is 3. The first-order valence-electron chi connectivity index (χ1n) is 7.69. The van der Waals surface area contributed by atoms with Gasteiger partial charge in [0.15, 0.2) is 12.7 Å². The van der Waals surface area contributed by atoms with Crippen LogP contribution in [0.25, 0.3) is 0 Å². The fraction of sp³-hybridized carbons (Fsp3) is 0.167. The van der Waals surface area contributed by atoms with E-state index in [0.29, 0.717) is 16.3 Å². The molecule has 0 fully saturated rings. The molecule has 0 aliphatic heterocycles.